The van der Waals surface area contributed by atoms with Gasteiger partial charge >= 0.3 is 0 Å². The first kappa shape index (κ1) is 12.2. The minimum atomic E-state index is 0.453. The first-order valence-electron chi connectivity index (χ1n) is 5.78. The van der Waals surface area contributed by atoms with Crippen molar-refractivity contribution in [2.24, 2.45) is 5.84 Å². The highest BCUT2D eigenvalue weighted by Gasteiger charge is 2.06. The van der Waals surface area contributed by atoms with E-state index in [-0.39, 0.29) is 0 Å². The van der Waals surface area contributed by atoms with E-state index < -0.39 is 0 Å². The van der Waals surface area contributed by atoms with E-state index in [1.807, 2.05) is 0 Å². The summed E-state index contributed by atoms with van der Waals surface area (Å²) >= 11 is 0. The number of nitrogens with one attached hydrogen (secondary N) is 1. The van der Waals surface area contributed by atoms with E-state index in [1.54, 1.807) is 0 Å². The second-order valence-corrected chi connectivity index (χ2v) is 4.12. The second-order valence-electron chi connectivity index (χ2n) is 4.12. The molecule has 1 aromatic carbocycles. The van der Waals surface area contributed by atoms with Gasteiger partial charge in [-0.25, -0.2) is 0 Å². The van der Waals surface area contributed by atoms with E-state index in [4.69, 9.17) is 5.84 Å². The van der Waals surface area contributed by atoms with Crippen LogP contribution in [0.2, 0.25) is 0 Å². The van der Waals surface area contributed by atoms with Crippen LogP contribution >= 0.6 is 0 Å². The molecule has 0 aliphatic heterocycles. The maximum Gasteiger partial charge on any atom is 0.0213 e. The maximum atomic E-state index is 5.51. The van der Waals surface area contributed by atoms with Crippen molar-refractivity contribution in [3.8, 4) is 0 Å². The van der Waals surface area contributed by atoms with Gasteiger partial charge in [0.15, 0.2) is 0 Å². The normalized spacial score (nSPS) is 12.7. The van der Waals surface area contributed by atoms with Crippen molar-refractivity contribution in [3.05, 3.63) is 35.4 Å². The number of benzene rings is 1. The fourth-order valence-corrected chi connectivity index (χ4v) is 1.88. The van der Waals surface area contributed by atoms with Crippen LogP contribution in [0.15, 0.2) is 24.3 Å². The van der Waals surface area contributed by atoms with Crippen LogP contribution in [0.4, 0.5) is 0 Å². The van der Waals surface area contributed by atoms with Crippen molar-refractivity contribution in [2.75, 3.05) is 0 Å². The lowest BCUT2D eigenvalue weighted by molar-refractivity contribution is 0.459. The molecule has 0 fully saturated rings. The zero-order valence-corrected chi connectivity index (χ0v) is 9.79. The van der Waals surface area contributed by atoms with E-state index in [9.17, 15) is 0 Å². The topological polar surface area (TPSA) is 38.0 Å². The molecular formula is C13H22N2. The summed E-state index contributed by atoms with van der Waals surface area (Å²) in [6, 6.07) is 9.01. The first-order valence-corrected chi connectivity index (χ1v) is 5.78. The summed E-state index contributed by atoms with van der Waals surface area (Å²) < 4.78 is 0. The molecule has 1 rings (SSSR count). The van der Waals surface area contributed by atoms with Gasteiger partial charge in [0.25, 0.3) is 0 Å². The van der Waals surface area contributed by atoms with Gasteiger partial charge in [0.1, 0.15) is 0 Å². The minimum absolute atomic E-state index is 0.453. The van der Waals surface area contributed by atoms with Gasteiger partial charge in [-0.3, -0.25) is 11.3 Å². The molecule has 0 radical (unpaired) electrons. The highest BCUT2D eigenvalue weighted by atomic mass is 15.2. The summed E-state index contributed by atoms with van der Waals surface area (Å²) in [4.78, 5) is 0. The Kier molecular flexibility index (Phi) is 5.37. The van der Waals surface area contributed by atoms with Gasteiger partial charge in [-0.05, 0) is 37.3 Å². The Balaban J connectivity index is 2.45. The molecular weight excluding hydrogens is 184 g/mol. The van der Waals surface area contributed by atoms with Crippen LogP contribution in [-0.4, -0.2) is 6.04 Å². The molecule has 0 bridgehead atoms. The summed E-state index contributed by atoms with van der Waals surface area (Å²) in [7, 11) is 0. The predicted octanol–water partition coefficient (Wildman–Crippen LogP) is 2.56. The summed E-state index contributed by atoms with van der Waals surface area (Å²) in [6.07, 6.45) is 4.57. The average Bonchev–Trinajstić information content (AvgIpc) is 2.26. The van der Waals surface area contributed by atoms with Crippen molar-refractivity contribution in [3.63, 3.8) is 0 Å². The summed E-state index contributed by atoms with van der Waals surface area (Å²) in [6.45, 7) is 4.36. The molecule has 3 N–H and O–H groups in total. The van der Waals surface area contributed by atoms with E-state index in [0.717, 1.165) is 19.3 Å². The van der Waals surface area contributed by atoms with Crippen LogP contribution in [-0.2, 0) is 6.42 Å². The second kappa shape index (κ2) is 6.59. The molecule has 0 saturated carbocycles. The van der Waals surface area contributed by atoms with E-state index in [2.05, 4.69) is 43.5 Å². The number of hydrogen-bond donors (Lipinski definition) is 2. The Morgan fingerprint density at radius 1 is 1.27 bits per heavy atom. The summed E-state index contributed by atoms with van der Waals surface area (Å²) in [5.74, 6) is 5.51. The molecule has 0 amide bonds. The van der Waals surface area contributed by atoms with Crippen molar-refractivity contribution >= 4 is 0 Å². The van der Waals surface area contributed by atoms with Crippen LogP contribution in [0.5, 0.6) is 0 Å². The van der Waals surface area contributed by atoms with Gasteiger partial charge in [0.2, 0.25) is 0 Å². The molecule has 0 heterocycles. The SMILES string of the molecule is CCCC(CCc1ccccc1C)NN. The van der Waals surface area contributed by atoms with Crippen LogP contribution in [0.3, 0.4) is 0 Å². The predicted molar refractivity (Wildman–Crippen MR) is 65.5 cm³/mol. The van der Waals surface area contributed by atoms with Gasteiger partial charge in [-0.2, -0.15) is 0 Å². The third kappa shape index (κ3) is 4.02. The third-order valence-electron chi connectivity index (χ3n) is 2.90. The van der Waals surface area contributed by atoms with Gasteiger partial charge in [0.05, 0.1) is 0 Å². The van der Waals surface area contributed by atoms with Gasteiger partial charge in [-0.1, -0.05) is 37.6 Å². The van der Waals surface area contributed by atoms with Crippen molar-refractivity contribution in [2.45, 2.75) is 45.6 Å². The molecule has 84 valence electrons. The quantitative estimate of drug-likeness (QED) is 0.554. The number of nitrogens with two attached hydrogens (primary N) is 1. The Bertz CT molecular complexity index is 284. The number of rotatable bonds is 6. The smallest absolute Gasteiger partial charge is 0.0213 e. The van der Waals surface area contributed by atoms with Crippen LogP contribution in [0.25, 0.3) is 0 Å². The van der Waals surface area contributed by atoms with Gasteiger partial charge in [0, 0.05) is 6.04 Å². The fourth-order valence-electron chi connectivity index (χ4n) is 1.88. The van der Waals surface area contributed by atoms with E-state index >= 15 is 0 Å². The molecule has 15 heavy (non-hydrogen) atoms. The lowest BCUT2D eigenvalue weighted by Gasteiger charge is -2.15. The van der Waals surface area contributed by atoms with Crippen LogP contribution in [0, 0.1) is 6.92 Å². The standard InChI is InChI=1S/C13H22N2/c1-3-6-13(15-14)10-9-12-8-5-4-7-11(12)2/h4-5,7-8,13,15H,3,6,9-10,14H2,1-2H3. The molecule has 1 aromatic rings. The van der Waals surface area contributed by atoms with E-state index in [1.165, 1.54) is 17.5 Å². The van der Waals surface area contributed by atoms with E-state index in [0.29, 0.717) is 6.04 Å². The van der Waals surface area contributed by atoms with Crippen LogP contribution in [0.1, 0.15) is 37.3 Å². The number of hydrazine groups is 1. The Morgan fingerprint density at radius 3 is 2.60 bits per heavy atom. The molecule has 0 aromatic heterocycles. The summed E-state index contributed by atoms with van der Waals surface area (Å²) in [5.41, 5.74) is 5.71. The molecule has 0 aliphatic carbocycles. The highest BCUT2D eigenvalue weighted by Crippen LogP contribution is 2.12. The number of aryl methyl sites for hydroxylation is 2. The molecule has 0 spiro atoms. The Morgan fingerprint density at radius 2 is 2.00 bits per heavy atom. The number of hydrogen-bond acceptors (Lipinski definition) is 2. The first-order chi connectivity index (χ1) is 7.27. The monoisotopic (exact) mass is 206 g/mol. The lowest BCUT2D eigenvalue weighted by atomic mass is 9.99. The molecule has 2 heteroatoms. The fraction of sp³-hybridized carbons (Fsp3) is 0.538. The van der Waals surface area contributed by atoms with Gasteiger partial charge < -0.3 is 0 Å². The minimum Gasteiger partial charge on any atom is -0.271 e. The zero-order valence-electron chi connectivity index (χ0n) is 9.79. The molecule has 0 aliphatic rings. The largest absolute Gasteiger partial charge is 0.271 e. The van der Waals surface area contributed by atoms with Crippen molar-refractivity contribution in [1.29, 1.82) is 0 Å². The third-order valence-corrected chi connectivity index (χ3v) is 2.90. The van der Waals surface area contributed by atoms with Crippen molar-refractivity contribution in [1.82, 2.24) is 5.43 Å². The maximum absolute atomic E-state index is 5.51. The van der Waals surface area contributed by atoms with Crippen molar-refractivity contribution < 1.29 is 0 Å². The highest BCUT2D eigenvalue weighted by molar-refractivity contribution is 5.25. The Labute approximate surface area is 92.8 Å². The molecule has 1 unspecified atom stereocenters. The summed E-state index contributed by atoms with van der Waals surface area (Å²) in [5, 5.41) is 0. The molecule has 0 saturated heterocycles. The molecule has 1 atom stereocenters. The van der Waals surface area contributed by atoms with Gasteiger partial charge in [-0.15, -0.1) is 0 Å². The zero-order chi connectivity index (χ0) is 11.1. The average molecular weight is 206 g/mol. The lowest BCUT2D eigenvalue weighted by Crippen LogP contribution is -2.35. The Hall–Kier alpha value is -0.860. The molecule has 2 nitrogen and oxygen atoms in total. The van der Waals surface area contributed by atoms with Crippen LogP contribution < -0.4 is 11.3 Å².